The van der Waals surface area contributed by atoms with Crippen molar-refractivity contribution < 1.29 is 31.1 Å². The molecule has 0 spiro atoms. The molecular weight excluding hydrogens is 340 g/mol. The van der Waals surface area contributed by atoms with E-state index in [0.717, 1.165) is 16.8 Å². The third-order valence-electron chi connectivity index (χ3n) is 3.13. The summed E-state index contributed by atoms with van der Waals surface area (Å²) in [5.41, 5.74) is 2.87. The van der Waals surface area contributed by atoms with Gasteiger partial charge in [0, 0.05) is 12.6 Å². The van der Waals surface area contributed by atoms with Crippen LogP contribution in [-0.2, 0) is 25.8 Å². The molecule has 0 aliphatic carbocycles. The number of alkyl halides is 6. The first kappa shape index (κ1) is 18.1. The molecule has 0 unspecified atom stereocenters. The normalized spacial score (nSPS) is 12.5. The van der Waals surface area contributed by atoms with Crippen LogP contribution in [0.1, 0.15) is 16.8 Å². The fraction of sp³-hybridized carbons (Fsp3) is 0.357. The molecule has 0 saturated carbocycles. The van der Waals surface area contributed by atoms with E-state index in [-0.39, 0.29) is 30.2 Å². The summed E-state index contributed by atoms with van der Waals surface area (Å²) in [7, 11) is 1.21. The van der Waals surface area contributed by atoms with E-state index in [1.165, 1.54) is 13.1 Å². The minimum atomic E-state index is -4.72. The second-order valence-corrected chi connectivity index (χ2v) is 4.92. The molecule has 0 bridgehead atoms. The van der Waals surface area contributed by atoms with E-state index in [4.69, 9.17) is 10.5 Å². The van der Waals surface area contributed by atoms with Crippen molar-refractivity contribution in [3.05, 3.63) is 41.1 Å². The molecule has 24 heavy (non-hydrogen) atoms. The van der Waals surface area contributed by atoms with E-state index in [2.05, 4.69) is 5.10 Å². The van der Waals surface area contributed by atoms with Crippen LogP contribution in [0, 0.1) is 0 Å². The second-order valence-electron chi connectivity index (χ2n) is 4.92. The molecule has 1 aromatic carbocycles. The van der Waals surface area contributed by atoms with Gasteiger partial charge in [-0.3, -0.25) is 0 Å². The molecule has 1 heterocycles. The monoisotopic (exact) mass is 353 g/mol. The fourth-order valence-corrected chi connectivity index (χ4v) is 2.13. The molecule has 132 valence electrons. The number of rotatable bonds is 4. The van der Waals surface area contributed by atoms with Gasteiger partial charge in [-0.15, -0.1) is 0 Å². The van der Waals surface area contributed by atoms with Crippen LogP contribution in [0.2, 0.25) is 0 Å². The summed E-state index contributed by atoms with van der Waals surface area (Å²) >= 11 is 0. The minimum Gasteiger partial charge on any atom is -0.439 e. The molecule has 0 radical (unpaired) electrons. The van der Waals surface area contributed by atoms with E-state index in [1.54, 1.807) is 0 Å². The summed E-state index contributed by atoms with van der Waals surface area (Å²) in [5.74, 6) is -0.549. The van der Waals surface area contributed by atoms with Crippen LogP contribution in [0.5, 0.6) is 11.6 Å². The molecule has 2 aromatic rings. The van der Waals surface area contributed by atoms with Gasteiger partial charge in [0.15, 0.2) is 5.69 Å². The van der Waals surface area contributed by atoms with Crippen molar-refractivity contribution in [3.63, 3.8) is 0 Å². The number of benzene rings is 1. The summed E-state index contributed by atoms with van der Waals surface area (Å²) in [6, 6.07) is 3.84. The molecule has 2 N–H and O–H groups in total. The molecule has 0 fully saturated rings. The summed E-state index contributed by atoms with van der Waals surface area (Å²) in [4.78, 5) is 0. The first-order valence-electron chi connectivity index (χ1n) is 6.72. The average Bonchev–Trinajstić information content (AvgIpc) is 2.76. The molecule has 2 rings (SSSR count). The zero-order chi connectivity index (χ0) is 18.1. The van der Waals surface area contributed by atoms with Crippen LogP contribution in [0.3, 0.4) is 0 Å². The highest BCUT2D eigenvalue weighted by Crippen LogP contribution is 2.38. The molecule has 0 amide bonds. The maximum atomic E-state index is 13.0. The Morgan fingerprint density at radius 2 is 1.79 bits per heavy atom. The quantitative estimate of drug-likeness (QED) is 0.852. The number of aromatic nitrogens is 2. The van der Waals surface area contributed by atoms with Crippen molar-refractivity contribution >= 4 is 0 Å². The van der Waals surface area contributed by atoms with Gasteiger partial charge in [-0.2, -0.15) is 31.4 Å². The van der Waals surface area contributed by atoms with E-state index >= 15 is 0 Å². The third-order valence-corrected chi connectivity index (χ3v) is 3.13. The molecule has 10 heteroatoms. The zero-order valence-electron chi connectivity index (χ0n) is 12.4. The van der Waals surface area contributed by atoms with Crippen LogP contribution in [0.15, 0.2) is 24.3 Å². The lowest BCUT2D eigenvalue weighted by Gasteiger charge is -2.11. The Balaban J connectivity index is 2.45. The summed E-state index contributed by atoms with van der Waals surface area (Å²) in [6.45, 7) is -0.103. The van der Waals surface area contributed by atoms with Crippen LogP contribution < -0.4 is 10.5 Å². The van der Waals surface area contributed by atoms with Gasteiger partial charge in [0.05, 0.1) is 5.56 Å². The van der Waals surface area contributed by atoms with Crippen LogP contribution in [0.4, 0.5) is 26.3 Å². The smallest absolute Gasteiger partial charge is 0.435 e. The number of ether oxygens (including phenoxy) is 1. The highest BCUT2D eigenvalue weighted by atomic mass is 19.4. The second kappa shape index (κ2) is 6.34. The van der Waals surface area contributed by atoms with Crippen molar-refractivity contribution in [3.8, 4) is 11.6 Å². The van der Waals surface area contributed by atoms with Crippen molar-refractivity contribution in [1.82, 2.24) is 9.78 Å². The van der Waals surface area contributed by atoms with Crippen LogP contribution >= 0.6 is 0 Å². The van der Waals surface area contributed by atoms with Gasteiger partial charge in [-0.05, 0) is 31.2 Å². The van der Waals surface area contributed by atoms with Crippen molar-refractivity contribution in [1.29, 1.82) is 0 Å². The number of nitrogens with two attached hydrogens (primary N) is 1. The van der Waals surface area contributed by atoms with Gasteiger partial charge in [0.25, 0.3) is 0 Å². The minimum absolute atomic E-state index is 0.103. The lowest BCUT2D eigenvalue weighted by molar-refractivity contribution is -0.142. The van der Waals surface area contributed by atoms with Gasteiger partial charge >= 0.3 is 12.4 Å². The molecule has 4 nitrogen and oxygen atoms in total. The van der Waals surface area contributed by atoms with Crippen LogP contribution in [-0.4, -0.2) is 16.3 Å². The fourth-order valence-electron chi connectivity index (χ4n) is 2.13. The van der Waals surface area contributed by atoms with Crippen LogP contribution in [0.25, 0.3) is 0 Å². The standard InChI is InChI=1S/C14H13F6N3O/c1-23-12(10(5-6-21)11(22-23)14(18,19)20)24-9-4-2-3-8(7-9)13(15,16)17/h2-4,7H,5-6,21H2,1H3. The van der Waals surface area contributed by atoms with Gasteiger partial charge < -0.3 is 10.5 Å². The molecular formula is C14H13F6N3O. The van der Waals surface area contributed by atoms with E-state index in [1.807, 2.05) is 0 Å². The van der Waals surface area contributed by atoms with E-state index in [0.29, 0.717) is 6.07 Å². The number of aryl methyl sites for hydroxylation is 1. The zero-order valence-corrected chi connectivity index (χ0v) is 12.4. The molecule has 0 aliphatic heterocycles. The summed E-state index contributed by atoms with van der Waals surface area (Å²) in [6.07, 6.45) is -9.50. The molecule has 0 aliphatic rings. The lowest BCUT2D eigenvalue weighted by atomic mass is 10.1. The lowest BCUT2D eigenvalue weighted by Crippen LogP contribution is -2.12. The van der Waals surface area contributed by atoms with Gasteiger partial charge in [-0.25, -0.2) is 4.68 Å². The first-order chi connectivity index (χ1) is 11.0. The Labute approximate surface area is 132 Å². The summed E-state index contributed by atoms with van der Waals surface area (Å²) < 4.78 is 83.2. The number of hydrogen-bond donors (Lipinski definition) is 1. The van der Waals surface area contributed by atoms with Crippen molar-refractivity contribution in [2.75, 3.05) is 6.54 Å². The first-order valence-corrected chi connectivity index (χ1v) is 6.72. The topological polar surface area (TPSA) is 53.1 Å². The Morgan fingerprint density at radius 3 is 2.33 bits per heavy atom. The number of hydrogen-bond acceptors (Lipinski definition) is 3. The molecule has 0 atom stereocenters. The predicted octanol–water partition coefficient (Wildman–Crippen LogP) is 3.75. The van der Waals surface area contributed by atoms with Gasteiger partial charge in [-0.1, -0.05) is 6.07 Å². The Kier molecular flexibility index (Phi) is 4.79. The highest BCUT2D eigenvalue weighted by molar-refractivity contribution is 5.39. The average molecular weight is 353 g/mol. The van der Waals surface area contributed by atoms with E-state index < -0.39 is 23.6 Å². The molecule has 1 aromatic heterocycles. The van der Waals surface area contributed by atoms with Crippen molar-refractivity contribution in [2.45, 2.75) is 18.8 Å². The number of nitrogens with zero attached hydrogens (tertiary/aromatic N) is 2. The largest absolute Gasteiger partial charge is 0.439 e. The van der Waals surface area contributed by atoms with E-state index in [9.17, 15) is 26.3 Å². The molecule has 0 saturated heterocycles. The Hall–Kier alpha value is -2.23. The van der Waals surface area contributed by atoms with Crippen molar-refractivity contribution in [2.24, 2.45) is 12.8 Å². The maximum Gasteiger partial charge on any atom is 0.435 e. The Bertz CT molecular complexity index is 720. The van der Waals surface area contributed by atoms with Gasteiger partial charge in [0.1, 0.15) is 5.75 Å². The Morgan fingerprint density at radius 1 is 1.12 bits per heavy atom. The SMILES string of the molecule is Cn1nc(C(F)(F)F)c(CCN)c1Oc1cccc(C(F)(F)F)c1. The third kappa shape index (κ3) is 3.81. The maximum absolute atomic E-state index is 13.0. The highest BCUT2D eigenvalue weighted by Gasteiger charge is 2.39. The summed E-state index contributed by atoms with van der Waals surface area (Å²) in [5, 5.41) is 3.36. The number of halogens is 6. The predicted molar refractivity (Wildman–Crippen MR) is 72.5 cm³/mol. The van der Waals surface area contributed by atoms with Gasteiger partial charge in [0.2, 0.25) is 5.88 Å².